The van der Waals surface area contributed by atoms with Crippen LogP contribution >= 0.6 is 11.6 Å². The molecule has 0 N–H and O–H groups in total. The average Bonchev–Trinajstić information content (AvgIpc) is 2.48. The van der Waals surface area contributed by atoms with Crippen LogP contribution in [0.3, 0.4) is 0 Å². The Bertz CT molecular complexity index is 572. The summed E-state index contributed by atoms with van der Waals surface area (Å²) < 4.78 is 5.84. The van der Waals surface area contributed by atoms with E-state index in [0.29, 0.717) is 0 Å². The second-order valence-electron chi connectivity index (χ2n) is 5.32. The number of hydrogen-bond donors (Lipinski definition) is 0. The van der Waals surface area contributed by atoms with E-state index in [4.69, 9.17) is 16.3 Å². The molecule has 3 rings (SSSR count). The third kappa shape index (κ3) is 2.50. The lowest BCUT2D eigenvalue weighted by Gasteiger charge is -2.27. The molecule has 100 valence electrons. The number of rotatable bonds is 2. The van der Waals surface area contributed by atoms with E-state index in [1.54, 1.807) is 0 Å². The van der Waals surface area contributed by atoms with E-state index in [9.17, 15) is 0 Å². The monoisotopic (exact) mass is 274 g/mol. The highest BCUT2D eigenvalue weighted by Gasteiger charge is 2.25. The lowest BCUT2D eigenvalue weighted by Crippen LogP contribution is -2.23. The average molecular weight is 275 g/mol. The van der Waals surface area contributed by atoms with Gasteiger partial charge in [-0.1, -0.05) is 36.4 Å². The Kier molecular flexibility index (Phi) is 3.76. The van der Waals surface area contributed by atoms with Gasteiger partial charge in [-0.3, -0.25) is 0 Å². The van der Waals surface area contributed by atoms with Crippen LogP contribution in [0.4, 0.5) is 0 Å². The lowest BCUT2D eigenvalue weighted by atomic mass is 9.94. The zero-order chi connectivity index (χ0) is 13.2. The van der Waals surface area contributed by atoms with Crippen molar-refractivity contribution < 1.29 is 4.74 Å². The fourth-order valence-corrected chi connectivity index (χ4v) is 3.30. The standard InChI is InChI=1S/C17H19ClO/c1-12-9-10-15(14-7-3-2-6-13(12)14)17(18)16-8-4-5-11-19-16/h2-3,6-7,9-10,16-17H,4-5,8,11H2,1H3. The molecule has 2 heteroatoms. The predicted octanol–water partition coefficient (Wildman–Crippen LogP) is 5.00. The summed E-state index contributed by atoms with van der Waals surface area (Å²) in [5.41, 5.74) is 2.50. The minimum absolute atomic E-state index is 0.0502. The smallest absolute Gasteiger partial charge is 0.0853 e. The highest BCUT2D eigenvalue weighted by atomic mass is 35.5. The van der Waals surface area contributed by atoms with Gasteiger partial charge in [0.1, 0.15) is 0 Å². The molecule has 1 aliphatic heterocycles. The Labute approximate surface area is 119 Å². The topological polar surface area (TPSA) is 9.23 Å². The molecule has 0 spiro atoms. The van der Waals surface area contributed by atoms with Gasteiger partial charge in [0.2, 0.25) is 0 Å². The molecule has 1 nitrogen and oxygen atoms in total. The number of fused-ring (bicyclic) bond motifs is 1. The van der Waals surface area contributed by atoms with Gasteiger partial charge < -0.3 is 4.74 Å². The van der Waals surface area contributed by atoms with Crippen molar-refractivity contribution in [3.63, 3.8) is 0 Å². The van der Waals surface area contributed by atoms with Crippen LogP contribution in [0, 0.1) is 6.92 Å². The molecule has 1 aliphatic rings. The summed E-state index contributed by atoms with van der Waals surface area (Å²) in [7, 11) is 0. The highest BCUT2D eigenvalue weighted by molar-refractivity contribution is 6.22. The van der Waals surface area contributed by atoms with Crippen LogP contribution in [-0.2, 0) is 4.74 Å². The van der Waals surface area contributed by atoms with Gasteiger partial charge in [-0.15, -0.1) is 11.6 Å². The minimum Gasteiger partial charge on any atom is -0.376 e. The Morgan fingerprint density at radius 3 is 2.63 bits per heavy atom. The number of benzene rings is 2. The summed E-state index contributed by atoms with van der Waals surface area (Å²) in [6, 6.07) is 12.8. The molecule has 1 saturated heterocycles. The van der Waals surface area contributed by atoms with Crippen molar-refractivity contribution >= 4 is 22.4 Å². The van der Waals surface area contributed by atoms with Gasteiger partial charge in [-0.25, -0.2) is 0 Å². The first-order valence-electron chi connectivity index (χ1n) is 7.01. The molecule has 19 heavy (non-hydrogen) atoms. The maximum atomic E-state index is 6.69. The number of hydrogen-bond acceptors (Lipinski definition) is 1. The van der Waals surface area contributed by atoms with Crippen molar-refractivity contribution in [1.29, 1.82) is 0 Å². The predicted molar refractivity (Wildman–Crippen MR) is 80.9 cm³/mol. The van der Waals surface area contributed by atoms with Gasteiger partial charge in [-0.05, 0) is 48.1 Å². The number of ether oxygens (including phenoxy) is 1. The van der Waals surface area contributed by atoms with Crippen molar-refractivity contribution in [2.45, 2.75) is 37.7 Å². The first kappa shape index (κ1) is 13.0. The third-order valence-electron chi connectivity index (χ3n) is 4.01. The van der Waals surface area contributed by atoms with E-state index in [1.807, 2.05) is 0 Å². The van der Waals surface area contributed by atoms with Crippen molar-refractivity contribution in [2.24, 2.45) is 0 Å². The highest BCUT2D eigenvalue weighted by Crippen LogP contribution is 2.36. The van der Waals surface area contributed by atoms with Crippen LogP contribution in [0.5, 0.6) is 0 Å². The third-order valence-corrected chi connectivity index (χ3v) is 4.53. The number of aryl methyl sites for hydroxylation is 1. The van der Waals surface area contributed by atoms with Crippen LogP contribution in [-0.4, -0.2) is 12.7 Å². The zero-order valence-electron chi connectivity index (χ0n) is 11.2. The van der Waals surface area contributed by atoms with Crippen LogP contribution in [0.1, 0.15) is 35.8 Å². The Morgan fingerprint density at radius 1 is 1.11 bits per heavy atom. The lowest BCUT2D eigenvalue weighted by molar-refractivity contribution is 0.0138. The summed E-state index contributed by atoms with van der Waals surface area (Å²) in [4.78, 5) is 0. The summed E-state index contributed by atoms with van der Waals surface area (Å²) in [5.74, 6) is 0. The van der Waals surface area contributed by atoms with Crippen LogP contribution in [0.15, 0.2) is 36.4 Å². The molecule has 2 aromatic carbocycles. The molecule has 0 saturated carbocycles. The number of halogens is 1. The molecular weight excluding hydrogens is 256 g/mol. The van der Waals surface area contributed by atoms with Crippen LogP contribution in [0.25, 0.3) is 10.8 Å². The van der Waals surface area contributed by atoms with Crippen molar-refractivity contribution in [3.8, 4) is 0 Å². The Balaban J connectivity index is 2.02. The van der Waals surface area contributed by atoms with Gasteiger partial charge in [0.15, 0.2) is 0 Å². The zero-order valence-corrected chi connectivity index (χ0v) is 12.0. The molecular formula is C17H19ClO. The van der Waals surface area contributed by atoms with E-state index in [2.05, 4.69) is 43.3 Å². The maximum Gasteiger partial charge on any atom is 0.0853 e. The molecule has 0 amide bonds. The fraction of sp³-hybridized carbons (Fsp3) is 0.412. The second-order valence-corrected chi connectivity index (χ2v) is 5.79. The van der Waals surface area contributed by atoms with Crippen LogP contribution in [0.2, 0.25) is 0 Å². The van der Waals surface area contributed by atoms with Crippen molar-refractivity contribution in [1.82, 2.24) is 0 Å². The molecule has 0 bridgehead atoms. The molecule has 0 radical (unpaired) electrons. The summed E-state index contributed by atoms with van der Waals surface area (Å²) >= 11 is 6.69. The first-order chi connectivity index (χ1) is 9.27. The quantitative estimate of drug-likeness (QED) is 0.701. The summed E-state index contributed by atoms with van der Waals surface area (Å²) in [6.45, 7) is 2.99. The normalized spacial score (nSPS) is 21.5. The van der Waals surface area contributed by atoms with Gasteiger partial charge in [0.05, 0.1) is 11.5 Å². The molecule has 1 fully saturated rings. The molecule has 1 heterocycles. The molecule has 2 unspecified atom stereocenters. The van der Waals surface area contributed by atoms with E-state index in [-0.39, 0.29) is 11.5 Å². The first-order valence-corrected chi connectivity index (χ1v) is 7.45. The summed E-state index contributed by atoms with van der Waals surface area (Å²) in [5, 5.41) is 2.50. The molecule has 2 aromatic rings. The summed E-state index contributed by atoms with van der Waals surface area (Å²) in [6.07, 6.45) is 3.60. The van der Waals surface area contributed by atoms with E-state index in [1.165, 1.54) is 28.3 Å². The molecule has 0 aliphatic carbocycles. The van der Waals surface area contributed by atoms with E-state index < -0.39 is 0 Å². The van der Waals surface area contributed by atoms with E-state index >= 15 is 0 Å². The van der Waals surface area contributed by atoms with Gasteiger partial charge in [-0.2, -0.15) is 0 Å². The maximum absolute atomic E-state index is 6.69. The molecule has 0 aromatic heterocycles. The second kappa shape index (κ2) is 5.52. The largest absolute Gasteiger partial charge is 0.376 e. The van der Waals surface area contributed by atoms with Gasteiger partial charge in [0, 0.05) is 6.61 Å². The fourth-order valence-electron chi connectivity index (χ4n) is 2.91. The van der Waals surface area contributed by atoms with Crippen molar-refractivity contribution in [2.75, 3.05) is 6.61 Å². The van der Waals surface area contributed by atoms with Crippen LogP contribution < -0.4 is 0 Å². The number of alkyl halides is 1. The Hall–Kier alpha value is -1.05. The van der Waals surface area contributed by atoms with Crippen molar-refractivity contribution in [3.05, 3.63) is 47.5 Å². The minimum atomic E-state index is -0.0502. The SMILES string of the molecule is Cc1ccc(C(Cl)C2CCCCO2)c2ccccc12. The Morgan fingerprint density at radius 2 is 1.89 bits per heavy atom. The molecule has 2 atom stereocenters. The van der Waals surface area contributed by atoms with Gasteiger partial charge >= 0.3 is 0 Å². The van der Waals surface area contributed by atoms with Gasteiger partial charge in [0.25, 0.3) is 0 Å². The van der Waals surface area contributed by atoms with E-state index in [0.717, 1.165) is 19.4 Å².